The molecule has 2 rings (SSSR count). The molecule has 0 radical (unpaired) electrons. The van der Waals surface area contributed by atoms with Crippen molar-refractivity contribution in [2.45, 2.75) is 13.8 Å². The molecule has 1 amide bonds. The molecule has 0 aromatic heterocycles. The number of hydrogen-bond acceptors (Lipinski definition) is 1. The van der Waals surface area contributed by atoms with Gasteiger partial charge in [0.1, 0.15) is 0 Å². The van der Waals surface area contributed by atoms with Crippen LogP contribution in [0.25, 0.3) is 6.08 Å². The standard InChI is InChI=1S/C17H16ClNO/c1-12-5-3-6-14(11-12)9-10-17(20)19-16-8-4-7-15(18)13(16)2/h3-11H,1-2H3,(H,19,20)/b10-9+. The minimum absolute atomic E-state index is 0.170. The van der Waals surface area contributed by atoms with Crippen molar-refractivity contribution in [2.75, 3.05) is 5.32 Å². The Kier molecular flexibility index (Phi) is 4.59. The van der Waals surface area contributed by atoms with Crippen molar-refractivity contribution in [1.82, 2.24) is 0 Å². The smallest absolute Gasteiger partial charge is 0.248 e. The minimum atomic E-state index is -0.170. The van der Waals surface area contributed by atoms with Gasteiger partial charge in [-0.3, -0.25) is 4.79 Å². The number of aryl methyl sites for hydroxylation is 1. The Morgan fingerprint density at radius 2 is 1.90 bits per heavy atom. The van der Waals surface area contributed by atoms with Crippen LogP contribution in [0.5, 0.6) is 0 Å². The Labute approximate surface area is 124 Å². The summed E-state index contributed by atoms with van der Waals surface area (Å²) in [6.07, 6.45) is 3.32. The molecule has 0 saturated heterocycles. The van der Waals surface area contributed by atoms with E-state index in [4.69, 9.17) is 11.6 Å². The van der Waals surface area contributed by atoms with Gasteiger partial charge in [0.25, 0.3) is 0 Å². The maximum Gasteiger partial charge on any atom is 0.248 e. The average Bonchev–Trinajstić information content (AvgIpc) is 2.42. The summed E-state index contributed by atoms with van der Waals surface area (Å²) in [5, 5.41) is 3.47. The molecule has 0 fully saturated rings. The Balaban J connectivity index is 2.08. The van der Waals surface area contributed by atoms with Gasteiger partial charge in [-0.1, -0.05) is 47.5 Å². The van der Waals surface area contributed by atoms with Crippen molar-refractivity contribution in [2.24, 2.45) is 0 Å². The summed E-state index contributed by atoms with van der Waals surface area (Å²) in [7, 11) is 0. The first-order valence-corrected chi connectivity index (χ1v) is 6.75. The fourth-order valence-corrected chi connectivity index (χ4v) is 2.04. The Bertz CT molecular complexity index is 662. The second-order valence-corrected chi connectivity index (χ2v) is 5.06. The van der Waals surface area contributed by atoms with E-state index < -0.39 is 0 Å². The van der Waals surface area contributed by atoms with E-state index in [1.165, 1.54) is 11.6 Å². The Hall–Kier alpha value is -2.06. The van der Waals surface area contributed by atoms with E-state index in [2.05, 4.69) is 5.32 Å². The van der Waals surface area contributed by atoms with Gasteiger partial charge in [0, 0.05) is 16.8 Å². The van der Waals surface area contributed by atoms with Crippen LogP contribution >= 0.6 is 11.6 Å². The quantitative estimate of drug-likeness (QED) is 0.820. The van der Waals surface area contributed by atoms with Crippen LogP contribution in [-0.2, 0) is 4.79 Å². The number of carbonyl (C=O) groups excluding carboxylic acids is 1. The highest BCUT2D eigenvalue weighted by molar-refractivity contribution is 6.31. The fraction of sp³-hybridized carbons (Fsp3) is 0.118. The molecule has 3 heteroatoms. The summed E-state index contributed by atoms with van der Waals surface area (Å²) in [5.74, 6) is -0.170. The van der Waals surface area contributed by atoms with E-state index in [-0.39, 0.29) is 5.91 Å². The Morgan fingerprint density at radius 1 is 1.15 bits per heavy atom. The molecule has 0 aliphatic heterocycles. The van der Waals surface area contributed by atoms with Gasteiger partial charge in [0.2, 0.25) is 5.91 Å². The summed E-state index contributed by atoms with van der Waals surface area (Å²) in [6, 6.07) is 13.4. The molecule has 0 heterocycles. The number of halogens is 1. The molecule has 0 aliphatic rings. The maximum atomic E-state index is 11.9. The lowest BCUT2D eigenvalue weighted by Crippen LogP contribution is -2.08. The molecule has 0 unspecified atom stereocenters. The molecule has 2 aromatic carbocycles. The zero-order chi connectivity index (χ0) is 14.5. The molecule has 0 saturated carbocycles. The van der Waals surface area contributed by atoms with Crippen molar-refractivity contribution in [3.05, 3.63) is 70.3 Å². The fourth-order valence-electron chi connectivity index (χ4n) is 1.86. The highest BCUT2D eigenvalue weighted by Gasteiger charge is 2.04. The summed E-state index contributed by atoms with van der Waals surface area (Å²) in [4.78, 5) is 11.9. The Morgan fingerprint density at radius 3 is 2.65 bits per heavy atom. The second kappa shape index (κ2) is 6.40. The van der Waals surface area contributed by atoms with Crippen LogP contribution in [0.1, 0.15) is 16.7 Å². The third-order valence-corrected chi connectivity index (χ3v) is 3.40. The van der Waals surface area contributed by atoms with Crippen LogP contribution in [0, 0.1) is 13.8 Å². The van der Waals surface area contributed by atoms with E-state index in [1.54, 1.807) is 12.1 Å². The number of nitrogens with one attached hydrogen (secondary N) is 1. The molecule has 0 atom stereocenters. The first kappa shape index (κ1) is 14.4. The van der Waals surface area contributed by atoms with Gasteiger partial charge in [-0.15, -0.1) is 0 Å². The molecule has 20 heavy (non-hydrogen) atoms. The van der Waals surface area contributed by atoms with Crippen molar-refractivity contribution in [1.29, 1.82) is 0 Å². The predicted molar refractivity (Wildman–Crippen MR) is 85.0 cm³/mol. The van der Waals surface area contributed by atoms with Gasteiger partial charge in [-0.25, -0.2) is 0 Å². The molecule has 0 aliphatic carbocycles. The molecule has 102 valence electrons. The molecule has 2 aromatic rings. The summed E-state index contributed by atoms with van der Waals surface area (Å²) in [6.45, 7) is 3.90. The van der Waals surface area contributed by atoms with Crippen LogP contribution in [0.15, 0.2) is 48.5 Å². The van der Waals surface area contributed by atoms with Crippen LogP contribution in [0.4, 0.5) is 5.69 Å². The largest absolute Gasteiger partial charge is 0.322 e. The van der Waals surface area contributed by atoms with Gasteiger partial charge in [0.15, 0.2) is 0 Å². The van der Waals surface area contributed by atoms with Crippen molar-refractivity contribution in [3.63, 3.8) is 0 Å². The average molecular weight is 286 g/mol. The lowest BCUT2D eigenvalue weighted by Gasteiger charge is -2.07. The zero-order valence-corrected chi connectivity index (χ0v) is 12.2. The highest BCUT2D eigenvalue weighted by atomic mass is 35.5. The summed E-state index contributed by atoms with van der Waals surface area (Å²) < 4.78 is 0. The third-order valence-electron chi connectivity index (χ3n) is 2.99. The van der Waals surface area contributed by atoms with E-state index in [1.807, 2.05) is 50.2 Å². The van der Waals surface area contributed by atoms with E-state index >= 15 is 0 Å². The monoisotopic (exact) mass is 285 g/mol. The van der Waals surface area contributed by atoms with Crippen molar-refractivity contribution >= 4 is 29.3 Å². The first-order chi connectivity index (χ1) is 9.56. The van der Waals surface area contributed by atoms with Crippen LogP contribution in [-0.4, -0.2) is 5.91 Å². The number of amides is 1. The normalized spacial score (nSPS) is 10.8. The zero-order valence-electron chi connectivity index (χ0n) is 11.5. The number of hydrogen-bond donors (Lipinski definition) is 1. The lowest BCUT2D eigenvalue weighted by atomic mass is 10.1. The molecule has 0 bridgehead atoms. The van der Waals surface area contributed by atoms with Gasteiger partial charge < -0.3 is 5.32 Å². The first-order valence-electron chi connectivity index (χ1n) is 6.37. The van der Waals surface area contributed by atoms with Gasteiger partial charge >= 0.3 is 0 Å². The number of carbonyl (C=O) groups is 1. The van der Waals surface area contributed by atoms with Crippen LogP contribution in [0.3, 0.4) is 0 Å². The van der Waals surface area contributed by atoms with Gasteiger partial charge in [-0.05, 0) is 43.2 Å². The molecule has 0 spiro atoms. The van der Waals surface area contributed by atoms with E-state index in [0.717, 1.165) is 16.8 Å². The molecular weight excluding hydrogens is 270 g/mol. The number of anilines is 1. The number of benzene rings is 2. The van der Waals surface area contributed by atoms with Crippen molar-refractivity contribution < 1.29 is 4.79 Å². The van der Waals surface area contributed by atoms with Crippen molar-refractivity contribution in [3.8, 4) is 0 Å². The molecular formula is C17H16ClNO. The van der Waals surface area contributed by atoms with E-state index in [9.17, 15) is 4.79 Å². The third kappa shape index (κ3) is 3.72. The highest BCUT2D eigenvalue weighted by Crippen LogP contribution is 2.22. The van der Waals surface area contributed by atoms with Gasteiger partial charge in [0.05, 0.1) is 0 Å². The lowest BCUT2D eigenvalue weighted by molar-refractivity contribution is -0.111. The molecule has 1 N–H and O–H groups in total. The van der Waals surface area contributed by atoms with E-state index in [0.29, 0.717) is 5.02 Å². The summed E-state index contributed by atoms with van der Waals surface area (Å²) >= 11 is 6.02. The van der Waals surface area contributed by atoms with Crippen LogP contribution in [0.2, 0.25) is 5.02 Å². The number of rotatable bonds is 3. The SMILES string of the molecule is Cc1cccc(/C=C/C(=O)Nc2cccc(Cl)c2C)c1. The van der Waals surface area contributed by atoms with Gasteiger partial charge in [-0.2, -0.15) is 0 Å². The van der Waals surface area contributed by atoms with Crippen LogP contribution < -0.4 is 5.32 Å². The minimum Gasteiger partial charge on any atom is -0.322 e. The second-order valence-electron chi connectivity index (χ2n) is 4.65. The molecule has 2 nitrogen and oxygen atoms in total. The topological polar surface area (TPSA) is 29.1 Å². The summed E-state index contributed by atoms with van der Waals surface area (Å²) in [5.41, 5.74) is 3.77. The predicted octanol–water partition coefficient (Wildman–Crippen LogP) is 4.61. The maximum absolute atomic E-state index is 11.9.